The molecule has 1 saturated carbocycles. The predicted molar refractivity (Wildman–Crippen MR) is 96.3 cm³/mol. The van der Waals surface area contributed by atoms with Crippen molar-refractivity contribution in [2.24, 2.45) is 5.92 Å². The molecular weight excluding hydrogens is 338 g/mol. The van der Waals surface area contributed by atoms with E-state index in [-0.39, 0.29) is 11.9 Å². The number of halogens is 1. The number of esters is 1. The Morgan fingerprint density at radius 2 is 2.04 bits per heavy atom. The summed E-state index contributed by atoms with van der Waals surface area (Å²) in [5.74, 6) is 0.625. The number of hydrogen-bond donors (Lipinski definition) is 0. The molecule has 126 valence electrons. The van der Waals surface area contributed by atoms with Crippen LogP contribution in [0.15, 0.2) is 42.5 Å². The second-order valence-corrected chi connectivity index (χ2v) is 6.22. The van der Waals surface area contributed by atoms with Gasteiger partial charge in [0.25, 0.3) is 0 Å². The van der Waals surface area contributed by atoms with E-state index < -0.39 is 0 Å². The lowest BCUT2D eigenvalue weighted by atomic mass is 10.0. The summed E-state index contributed by atoms with van der Waals surface area (Å²) in [6, 6.07) is 14.5. The molecule has 25 heavy (non-hydrogen) atoms. The van der Waals surface area contributed by atoms with E-state index in [1.807, 2.05) is 6.07 Å². The quantitative estimate of drug-likeness (QED) is 0.337. The van der Waals surface area contributed by atoms with E-state index in [1.165, 1.54) is 7.11 Å². The van der Waals surface area contributed by atoms with E-state index in [2.05, 4.69) is 6.07 Å². The van der Waals surface area contributed by atoms with Crippen molar-refractivity contribution < 1.29 is 14.3 Å². The molecule has 0 unspecified atom stereocenters. The fourth-order valence-electron chi connectivity index (χ4n) is 2.37. The Bertz CT molecular complexity index is 879. The number of ether oxygens (including phenoxy) is 2. The third-order valence-corrected chi connectivity index (χ3v) is 4.11. The number of methoxy groups -OCH3 is 1. The Morgan fingerprint density at radius 1 is 1.24 bits per heavy atom. The number of benzene rings is 2. The van der Waals surface area contributed by atoms with Gasteiger partial charge in [-0.3, -0.25) is 4.79 Å². The van der Waals surface area contributed by atoms with Crippen molar-refractivity contribution in [3.63, 3.8) is 0 Å². The van der Waals surface area contributed by atoms with Gasteiger partial charge in [0.15, 0.2) is 11.5 Å². The van der Waals surface area contributed by atoms with Gasteiger partial charge >= 0.3 is 5.97 Å². The summed E-state index contributed by atoms with van der Waals surface area (Å²) in [4.78, 5) is 11.8. The molecule has 3 rings (SSSR count). The SMILES string of the molecule is COc1cc(/C=C(/C#N)c2cccc(Cl)c2)ccc1OC(=O)C1CC1. The summed E-state index contributed by atoms with van der Waals surface area (Å²) in [5.41, 5.74) is 1.98. The molecule has 1 aliphatic carbocycles. The van der Waals surface area contributed by atoms with Gasteiger partial charge in [-0.1, -0.05) is 29.8 Å². The first-order chi connectivity index (χ1) is 12.1. The molecule has 0 aliphatic heterocycles. The number of nitriles is 1. The van der Waals surface area contributed by atoms with E-state index >= 15 is 0 Å². The number of allylic oxidation sites excluding steroid dienone is 1. The lowest BCUT2D eigenvalue weighted by molar-refractivity contribution is -0.135. The van der Waals surface area contributed by atoms with Crippen molar-refractivity contribution in [1.29, 1.82) is 5.26 Å². The van der Waals surface area contributed by atoms with E-state index in [1.54, 1.807) is 42.5 Å². The number of carbonyl (C=O) groups excluding carboxylic acids is 1. The minimum atomic E-state index is -0.224. The minimum Gasteiger partial charge on any atom is -0.493 e. The van der Waals surface area contributed by atoms with Gasteiger partial charge in [-0.15, -0.1) is 0 Å². The lowest BCUT2D eigenvalue weighted by Gasteiger charge is -2.10. The molecule has 0 bridgehead atoms. The third-order valence-electron chi connectivity index (χ3n) is 3.88. The van der Waals surface area contributed by atoms with Gasteiger partial charge in [-0.25, -0.2) is 0 Å². The Morgan fingerprint density at radius 3 is 2.68 bits per heavy atom. The normalized spacial score (nSPS) is 13.9. The lowest BCUT2D eigenvalue weighted by Crippen LogP contribution is -2.10. The Balaban J connectivity index is 1.88. The molecule has 0 amide bonds. The van der Waals surface area contributed by atoms with Crippen LogP contribution >= 0.6 is 11.6 Å². The Labute approximate surface area is 151 Å². The van der Waals surface area contributed by atoms with Crippen LogP contribution in [0.1, 0.15) is 24.0 Å². The van der Waals surface area contributed by atoms with Crippen LogP contribution in [0.25, 0.3) is 11.6 Å². The number of carbonyl (C=O) groups is 1. The monoisotopic (exact) mass is 353 g/mol. The van der Waals surface area contributed by atoms with Crippen molar-refractivity contribution in [2.75, 3.05) is 7.11 Å². The number of nitrogens with zero attached hydrogens (tertiary/aromatic N) is 1. The Hall–Kier alpha value is -2.77. The molecule has 0 radical (unpaired) electrons. The van der Waals surface area contributed by atoms with Crippen LogP contribution in [-0.4, -0.2) is 13.1 Å². The third kappa shape index (κ3) is 4.20. The first-order valence-corrected chi connectivity index (χ1v) is 8.26. The summed E-state index contributed by atoms with van der Waals surface area (Å²) in [5, 5.41) is 10.0. The second kappa shape index (κ2) is 7.42. The van der Waals surface area contributed by atoms with Gasteiger partial charge in [0, 0.05) is 5.02 Å². The Kier molecular flexibility index (Phi) is 5.06. The van der Waals surface area contributed by atoms with Gasteiger partial charge in [0.05, 0.1) is 24.7 Å². The summed E-state index contributed by atoms with van der Waals surface area (Å²) in [6.07, 6.45) is 3.50. The molecule has 4 nitrogen and oxygen atoms in total. The minimum absolute atomic E-state index is 0.0114. The van der Waals surface area contributed by atoms with Crippen LogP contribution in [0.2, 0.25) is 5.02 Å². The van der Waals surface area contributed by atoms with E-state index in [0.29, 0.717) is 22.1 Å². The average molecular weight is 354 g/mol. The van der Waals surface area contributed by atoms with Gasteiger partial charge in [-0.2, -0.15) is 5.26 Å². The zero-order valence-electron chi connectivity index (χ0n) is 13.7. The maximum Gasteiger partial charge on any atom is 0.314 e. The van der Waals surface area contributed by atoms with Crippen LogP contribution < -0.4 is 9.47 Å². The van der Waals surface area contributed by atoms with E-state index in [4.69, 9.17) is 21.1 Å². The summed E-state index contributed by atoms with van der Waals surface area (Å²) in [6.45, 7) is 0. The maximum absolute atomic E-state index is 11.8. The standard InChI is InChI=1S/C20H16ClNO3/c1-24-19-10-13(5-8-18(19)25-20(23)14-6-7-14)9-16(12-22)15-3-2-4-17(21)11-15/h2-5,8-11,14H,6-7H2,1H3/b16-9-. The largest absolute Gasteiger partial charge is 0.493 e. The first kappa shape index (κ1) is 17.1. The van der Waals surface area contributed by atoms with Crippen molar-refractivity contribution in [2.45, 2.75) is 12.8 Å². The van der Waals surface area contributed by atoms with Gasteiger partial charge < -0.3 is 9.47 Å². The molecule has 0 spiro atoms. The predicted octanol–water partition coefficient (Wildman–Crippen LogP) is 4.73. The van der Waals surface area contributed by atoms with Crippen LogP contribution in [0.3, 0.4) is 0 Å². The molecule has 0 N–H and O–H groups in total. The second-order valence-electron chi connectivity index (χ2n) is 5.79. The van der Waals surface area contributed by atoms with Crippen LogP contribution in [0.5, 0.6) is 11.5 Å². The highest BCUT2D eigenvalue weighted by molar-refractivity contribution is 6.30. The summed E-state index contributed by atoms with van der Waals surface area (Å²) in [7, 11) is 1.51. The highest BCUT2D eigenvalue weighted by Gasteiger charge is 2.32. The van der Waals surface area contributed by atoms with Crippen molar-refractivity contribution >= 4 is 29.2 Å². The van der Waals surface area contributed by atoms with Crippen LogP contribution in [0, 0.1) is 17.2 Å². The van der Waals surface area contributed by atoms with Crippen molar-refractivity contribution in [3.05, 3.63) is 58.6 Å². The molecule has 1 fully saturated rings. The molecule has 2 aromatic rings. The van der Waals surface area contributed by atoms with Crippen LogP contribution in [0.4, 0.5) is 0 Å². The van der Waals surface area contributed by atoms with Gasteiger partial charge in [0.2, 0.25) is 0 Å². The van der Waals surface area contributed by atoms with Gasteiger partial charge in [0.1, 0.15) is 0 Å². The highest BCUT2D eigenvalue weighted by Crippen LogP contribution is 2.34. The molecule has 0 atom stereocenters. The molecule has 1 aliphatic rings. The topological polar surface area (TPSA) is 59.3 Å². The molecular formula is C20H16ClNO3. The number of rotatable bonds is 5. The van der Waals surface area contributed by atoms with Crippen molar-refractivity contribution in [1.82, 2.24) is 0 Å². The summed E-state index contributed by atoms with van der Waals surface area (Å²) >= 11 is 5.99. The fraction of sp³-hybridized carbons (Fsp3) is 0.200. The number of hydrogen-bond acceptors (Lipinski definition) is 4. The van der Waals surface area contributed by atoms with Gasteiger partial charge in [-0.05, 0) is 54.3 Å². The fourth-order valence-corrected chi connectivity index (χ4v) is 2.56. The molecule has 0 aromatic heterocycles. The first-order valence-electron chi connectivity index (χ1n) is 7.88. The zero-order chi connectivity index (χ0) is 17.8. The van der Waals surface area contributed by atoms with E-state index in [9.17, 15) is 10.1 Å². The van der Waals surface area contributed by atoms with Crippen LogP contribution in [-0.2, 0) is 4.79 Å². The van der Waals surface area contributed by atoms with E-state index in [0.717, 1.165) is 24.0 Å². The summed E-state index contributed by atoms with van der Waals surface area (Å²) < 4.78 is 10.7. The maximum atomic E-state index is 11.8. The smallest absolute Gasteiger partial charge is 0.314 e. The highest BCUT2D eigenvalue weighted by atomic mass is 35.5. The molecule has 5 heteroatoms. The zero-order valence-corrected chi connectivity index (χ0v) is 14.4. The molecule has 0 saturated heterocycles. The van der Waals surface area contributed by atoms with Crippen molar-refractivity contribution in [3.8, 4) is 17.6 Å². The molecule has 2 aromatic carbocycles. The molecule has 0 heterocycles. The average Bonchev–Trinajstić information content (AvgIpc) is 3.45.